The second-order valence-corrected chi connectivity index (χ2v) is 11.7. The van der Waals surface area contributed by atoms with Crippen LogP contribution in [0.3, 0.4) is 0 Å². The molecule has 0 radical (unpaired) electrons. The Morgan fingerprint density at radius 2 is 1.03 bits per heavy atom. The fourth-order valence-corrected chi connectivity index (χ4v) is 5.16. The molecule has 0 aliphatic heterocycles. The second-order valence-electron chi connectivity index (χ2n) is 11.7. The quantitative estimate of drug-likeness (QED) is 0.0530. The number of hydrogen-bond acceptors (Lipinski definition) is 4. The van der Waals surface area contributed by atoms with Crippen molar-refractivity contribution in [2.45, 2.75) is 193 Å². The first-order chi connectivity index (χ1) is 19.1. The predicted octanol–water partition coefficient (Wildman–Crippen LogP) is 8.53. The van der Waals surface area contributed by atoms with Gasteiger partial charge < -0.3 is 20.6 Å². The van der Waals surface area contributed by atoms with E-state index in [2.05, 4.69) is 31.3 Å². The van der Waals surface area contributed by atoms with Crippen LogP contribution in [0.1, 0.15) is 174 Å². The van der Waals surface area contributed by atoms with Crippen LogP contribution in [0.5, 0.6) is 0 Å². The normalized spacial score (nSPS) is 14.1. The van der Waals surface area contributed by atoms with E-state index in [4.69, 9.17) is 0 Å². The number of aliphatic hydroxyl groups is 3. The number of nitrogens with one attached hydrogen (secondary N) is 1. The number of amides is 1. The first-order valence-corrected chi connectivity index (χ1v) is 17.0. The third kappa shape index (κ3) is 25.8. The van der Waals surface area contributed by atoms with Crippen LogP contribution in [0.2, 0.25) is 0 Å². The number of allylic oxidation sites excluding steroid dienone is 2. The van der Waals surface area contributed by atoms with Crippen molar-refractivity contribution in [3.63, 3.8) is 0 Å². The van der Waals surface area contributed by atoms with Crippen molar-refractivity contribution in [1.29, 1.82) is 0 Å². The molecule has 5 heteroatoms. The van der Waals surface area contributed by atoms with Gasteiger partial charge in [-0.25, -0.2) is 0 Å². The Morgan fingerprint density at radius 1 is 0.615 bits per heavy atom. The van der Waals surface area contributed by atoms with Gasteiger partial charge in [-0.3, -0.25) is 4.79 Å². The highest BCUT2D eigenvalue weighted by Gasteiger charge is 2.26. The van der Waals surface area contributed by atoms with Gasteiger partial charge in [0, 0.05) is 6.42 Å². The Bertz CT molecular complexity index is 539. The van der Waals surface area contributed by atoms with Gasteiger partial charge in [-0.05, 0) is 38.5 Å². The van der Waals surface area contributed by atoms with Crippen LogP contribution >= 0.6 is 0 Å². The Morgan fingerprint density at radius 3 is 1.49 bits per heavy atom. The molecule has 0 saturated carbocycles. The van der Waals surface area contributed by atoms with Crippen molar-refractivity contribution in [2.75, 3.05) is 6.61 Å². The van der Waals surface area contributed by atoms with E-state index in [1.54, 1.807) is 0 Å². The molecular weight excluding hydrogens is 486 g/mol. The minimum atomic E-state index is -1.15. The van der Waals surface area contributed by atoms with E-state index in [0.717, 1.165) is 38.5 Å². The maximum atomic E-state index is 12.3. The number of rotatable bonds is 30. The first-order valence-electron chi connectivity index (χ1n) is 17.0. The minimum absolute atomic E-state index is 0.156. The maximum absolute atomic E-state index is 12.3. The van der Waals surface area contributed by atoms with E-state index < -0.39 is 18.2 Å². The molecule has 0 heterocycles. The van der Waals surface area contributed by atoms with E-state index in [1.165, 1.54) is 109 Å². The smallest absolute Gasteiger partial charge is 0.220 e. The molecule has 4 N–H and O–H groups in total. The topological polar surface area (TPSA) is 89.8 Å². The number of carbonyl (C=O) groups is 1. The third-order valence-corrected chi connectivity index (χ3v) is 7.87. The molecular formula is C34H67NO4. The lowest BCUT2D eigenvalue weighted by molar-refractivity contribution is -0.124. The molecule has 5 nitrogen and oxygen atoms in total. The lowest BCUT2D eigenvalue weighted by atomic mass is 10.0. The van der Waals surface area contributed by atoms with Crippen molar-refractivity contribution in [3.05, 3.63) is 12.2 Å². The Balaban J connectivity index is 3.66. The summed E-state index contributed by atoms with van der Waals surface area (Å²) in [6.45, 7) is 4.09. The van der Waals surface area contributed by atoms with Gasteiger partial charge in [0.2, 0.25) is 5.91 Å². The highest BCUT2D eigenvalue weighted by atomic mass is 16.3. The van der Waals surface area contributed by atoms with Crippen LogP contribution in [-0.4, -0.2) is 46.1 Å². The molecule has 0 fully saturated rings. The van der Waals surface area contributed by atoms with Crippen molar-refractivity contribution in [3.8, 4) is 0 Å². The average Bonchev–Trinajstić information content (AvgIpc) is 2.94. The average molecular weight is 554 g/mol. The molecule has 3 atom stereocenters. The van der Waals surface area contributed by atoms with Crippen LogP contribution in [0.15, 0.2) is 12.2 Å². The van der Waals surface area contributed by atoms with Crippen molar-refractivity contribution in [2.24, 2.45) is 0 Å². The standard InChI is InChI=1S/C34H67NO4/c1-3-5-7-9-11-13-14-15-16-17-18-19-20-21-23-25-27-29-33(38)35-31(30-36)34(39)32(37)28-26-24-22-12-10-8-6-4-2/h12,22,31-32,34,36-37,39H,3-11,13-21,23-30H2,1-2H3,(H,35,38)/b22-12+. The molecule has 0 spiro atoms. The van der Waals surface area contributed by atoms with Gasteiger partial charge in [0.15, 0.2) is 0 Å². The molecule has 0 aliphatic rings. The largest absolute Gasteiger partial charge is 0.394 e. The summed E-state index contributed by atoms with van der Waals surface area (Å²) in [6, 6.07) is -0.817. The summed E-state index contributed by atoms with van der Waals surface area (Å²) >= 11 is 0. The van der Waals surface area contributed by atoms with Crippen LogP contribution in [0.25, 0.3) is 0 Å². The predicted molar refractivity (Wildman–Crippen MR) is 167 cm³/mol. The van der Waals surface area contributed by atoms with E-state index in [1.807, 2.05) is 0 Å². The minimum Gasteiger partial charge on any atom is -0.394 e. The molecule has 0 saturated heterocycles. The molecule has 0 rings (SSSR count). The highest BCUT2D eigenvalue weighted by Crippen LogP contribution is 2.15. The lowest BCUT2D eigenvalue weighted by Crippen LogP contribution is -2.50. The molecule has 0 bridgehead atoms. The molecule has 0 aromatic carbocycles. The van der Waals surface area contributed by atoms with E-state index in [-0.39, 0.29) is 12.5 Å². The van der Waals surface area contributed by atoms with Gasteiger partial charge in [0.25, 0.3) is 0 Å². The van der Waals surface area contributed by atoms with Gasteiger partial charge in [0.1, 0.15) is 6.10 Å². The zero-order chi connectivity index (χ0) is 28.8. The lowest BCUT2D eigenvalue weighted by Gasteiger charge is -2.26. The molecule has 232 valence electrons. The summed E-state index contributed by atoms with van der Waals surface area (Å²) in [5, 5.41) is 33.1. The van der Waals surface area contributed by atoms with Gasteiger partial charge in [-0.15, -0.1) is 0 Å². The molecule has 39 heavy (non-hydrogen) atoms. The van der Waals surface area contributed by atoms with E-state index >= 15 is 0 Å². The maximum Gasteiger partial charge on any atom is 0.220 e. The number of aliphatic hydroxyl groups excluding tert-OH is 3. The van der Waals surface area contributed by atoms with E-state index in [0.29, 0.717) is 12.8 Å². The van der Waals surface area contributed by atoms with Gasteiger partial charge in [-0.1, -0.05) is 142 Å². The second kappa shape index (κ2) is 30.1. The fraction of sp³-hybridized carbons (Fsp3) is 0.912. The molecule has 3 unspecified atom stereocenters. The first kappa shape index (κ1) is 38.1. The van der Waals surface area contributed by atoms with Gasteiger partial charge in [0.05, 0.1) is 18.8 Å². The third-order valence-electron chi connectivity index (χ3n) is 7.87. The van der Waals surface area contributed by atoms with Crippen LogP contribution in [0.4, 0.5) is 0 Å². The summed E-state index contributed by atoms with van der Waals surface area (Å²) in [5.74, 6) is -0.156. The van der Waals surface area contributed by atoms with Crippen molar-refractivity contribution in [1.82, 2.24) is 5.32 Å². The van der Waals surface area contributed by atoms with Crippen LogP contribution < -0.4 is 5.32 Å². The summed E-state index contributed by atoms with van der Waals surface area (Å²) in [7, 11) is 0. The number of unbranched alkanes of at least 4 members (excludes halogenated alkanes) is 20. The fourth-order valence-electron chi connectivity index (χ4n) is 5.16. The SMILES string of the molecule is CCCCC/C=C/CCCC(O)C(O)C(CO)NC(=O)CCCCCCCCCCCCCCCCCCC. The number of hydrogen-bond donors (Lipinski definition) is 4. The van der Waals surface area contributed by atoms with Crippen molar-refractivity contribution < 1.29 is 20.1 Å². The Labute approximate surface area is 242 Å². The van der Waals surface area contributed by atoms with Gasteiger partial charge in [-0.2, -0.15) is 0 Å². The van der Waals surface area contributed by atoms with Gasteiger partial charge >= 0.3 is 0 Å². The summed E-state index contributed by atoms with van der Waals surface area (Å²) in [5.41, 5.74) is 0. The molecule has 0 aromatic heterocycles. The Hall–Kier alpha value is -0.910. The zero-order valence-corrected chi connectivity index (χ0v) is 26.0. The highest BCUT2D eigenvalue weighted by molar-refractivity contribution is 5.76. The van der Waals surface area contributed by atoms with Crippen molar-refractivity contribution >= 4 is 5.91 Å². The summed E-state index contributed by atoms with van der Waals surface area (Å²) < 4.78 is 0. The van der Waals surface area contributed by atoms with E-state index in [9.17, 15) is 20.1 Å². The van der Waals surface area contributed by atoms with Crippen LogP contribution in [0, 0.1) is 0 Å². The Kier molecular flexibility index (Phi) is 29.4. The van der Waals surface area contributed by atoms with Crippen LogP contribution in [-0.2, 0) is 4.79 Å². The molecule has 1 amide bonds. The molecule has 0 aromatic rings. The summed E-state index contributed by atoms with van der Waals surface area (Å²) in [6.07, 6.45) is 31.7. The number of carbonyl (C=O) groups excluding carboxylic acids is 1. The molecule has 0 aliphatic carbocycles. The monoisotopic (exact) mass is 554 g/mol. The summed E-state index contributed by atoms with van der Waals surface area (Å²) in [4.78, 5) is 12.3. The zero-order valence-electron chi connectivity index (χ0n) is 26.0.